The van der Waals surface area contributed by atoms with Gasteiger partial charge in [-0.25, -0.2) is 0 Å². The standard InChI is InChI=1S/C17H22F3N3O3/c1-11(2)9-16(24)22-7-5-13(6-8-22)21-14-4-3-12(17(18,19)20)10-15(14)23(25)26/h3-4,10-11,13,21H,5-9H2,1-2H3. The summed E-state index contributed by atoms with van der Waals surface area (Å²) in [5.41, 5.74) is -1.59. The lowest BCUT2D eigenvalue weighted by Crippen LogP contribution is -2.42. The zero-order valence-electron chi connectivity index (χ0n) is 14.7. The first kappa shape index (κ1) is 20.0. The Kier molecular flexibility index (Phi) is 6.09. The minimum absolute atomic E-state index is 0.0648. The van der Waals surface area contributed by atoms with Gasteiger partial charge >= 0.3 is 6.18 Å². The number of hydrogen-bond acceptors (Lipinski definition) is 4. The van der Waals surface area contributed by atoms with Crippen LogP contribution in [0.2, 0.25) is 0 Å². The lowest BCUT2D eigenvalue weighted by Gasteiger charge is -2.33. The van der Waals surface area contributed by atoms with Crippen molar-refractivity contribution >= 4 is 17.3 Å². The fourth-order valence-electron chi connectivity index (χ4n) is 2.95. The highest BCUT2D eigenvalue weighted by atomic mass is 19.4. The van der Waals surface area contributed by atoms with Gasteiger partial charge in [0, 0.05) is 31.6 Å². The van der Waals surface area contributed by atoms with Gasteiger partial charge < -0.3 is 10.2 Å². The molecule has 0 unspecified atom stereocenters. The van der Waals surface area contributed by atoms with Crippen LogP contribution in [0.3, 0.4) is 0 Å². The molecule has 1 amide bonds. The Bertz CT molecular complexity index is 669. The summed E-state index contributed by atoms with van der Waals surface area (Å²) in [6, 6.07) is 2.34. The van der Waals surface area contributed by atoms with Crippen molar-refractivity contribution in [1.82, 2.24) is 4.90 Å². The number of nitrogens with zero attached hydrogens (tertiary/aromatic N) is 2. The molecule has 0 aliphatic carbocycles. The minimum atomic E-state index is -4.63. The van der Waals surface area contributed by atoms with Gasteiger partial charge in [0.05, 0.1) is 10.5 Å². The van der Waals surface area contributed by atoms with Crippen LogP contribution in [-0.4, -0.2) is 34.9 Å². The smallest absolute Gasteiger partial charge is 0.377 e. The molecule has 0 bridgehead atoms. The quantitative estimate of drug-likeness (QED) is 0.624. The number of alkyl halides is 3. The van der Waals surface area contributed by atoms with Crippen molar-refractivity contribution in [3.8, 4) is 0 Å². The van der Waals surface area contributed by atoms with Crippen LogP contribution in [0.4, 0.5) is 24.5 Å². The molecule has 6 nitrogen and oxygen atoms in total. The first-order valence-electron chi connectivity index (χ1n) is 8.48. The van der Waals surface area contributed by atoms with Crippen LogP contribution in [0, 0.1) is 16.0 Å². The third kappa shape index (κ3) is 5.09. The third-order valence-electron chi connectivity index (χ3n) is 4.31. The average Bonchev–Trinajstić information content (AvgIpc) is 2.54. The molecule has 1 heterocycles. The monoisotopic (exact) mass is 373 g/mol. The van der Waals surface area contributed by atoms with Crippen LogP contribution in [0.25, 0.3) is 0 Å². The Morgan fingerprint density at radius 2 is 1.96 bits per heavy atom. The van der Waals surface area contributed by atoms with Gasteiger partial charge in [0.1, 0.15) is 5.69 Å². The number of benzene rings is 1. The molecule has 1 aromatic rings. The van der Waals surface area contributed by atoms with E-state index in [1.807, 2.05) is 13.8 Å². The molecule has 26 heavy (non-hydrogen) atoms. The molecule has 0 radical (unpaired) electrons. The molecule has 9 heteroatoms. The van der Waals surface area contributed by atoms with Crippen molar-refractivity contribution in [3.05, 3.63) is 33.9 Å². The maximum atomic E-state index is 12.8. The van der Waals surface area contributed by atoms with E-state index in [2.05, 4.69) is 5.32 Å². The molecule has 1 aliphatic rings. The third-order valence-corrected chi connectivity index (χ3v) is 4.31. The largest absolute Gasteiger partial charge is 0.416 e. The van der Waals surface area contributed by atoms with E-state index >= 15 is 0 Å². The van der Waals surface area contributed by atoms with Gasteiger partial charge in [0.25, 0.3) is 5.69 Å². The summed E-state index contributed by atoms with van der Waals surface area (Å²) >= 11 is 0. The molecule has 1 saturated heterocycles. The number of hydrogen-bond donors (Lipinski definition) is 1. The van der Waals surface area contributed by atoms with Crippen molar-refractivity contribution < 1.29 is 22.9 Å². The molecular formula is C17H22F3N3O3. The number of halogens is 3. The number of carbonyl (C=O) groups is 1. The Morgan fingerprint density at radius 3 is 2.46 bits per heavy atom. The van der Waals surface area contributed by atoms with Crippen molar-refractivity contribution in [2.45, 2.75) is 45.3 Å². The van der Waals surface area contributed by atoms with Gasteiger partial charge in [0.2, 0.25) is 5.91 Å². The second kappa shape index (κ2) is 7.92. The highest BCUT2D eigenvalue weighted by Crippen LogP contribution is 2.35. The Labute approximate surface area is 149 Å². The summed E-state index contributed by atoms with van der Waals surface area (Å²) in [6.07, 6.45) is -2.99. The normalized spacial score (nSPS) is 16.0. The number of rotatable bonds is 5. The number of nitro benzene ring substituents is 1. The Balaban J connectivity index is 2.04. The number of likely N-dealkylation sites (tertiary alicyclic amines) is 1. The first-order chi connectivity index (χ1) is 12.1. The van der Waals surface area contributed by atoms with Crippen LogP contribution >= 0.6 is 0 Å². The van der Waals surface area contributed by atoms with Gasteiger partial charge in [-0.1, -0.05) is 13.8 Å². The van der Waals surface area contributed by atoms with Crippen LogP contribution in [0.15, 0.2) is 18.2 Å². The second-order valence-corrected chi connectivity index (χ2v) is 6.88. The molecule has 0 atom stereocenters. The topological polar surface area (TPSA) is 75.5 Å². The number of nitrogens with one attached hydrogen (secondary N) is 1. The first-order valence-corrected chi connectivity index (χ1v) is 8.48. The molecule has 144 valence electrons. The molecule has 0 spiro atoms. The maximum absolute atomic E-state index is 12.8. The zero-order valence-corrected chi connectivity index (χ0v) is 14.7. The number of amides is 1. The summed E-state index contributed by atoms with van der Waals surface area (Å²) in [5, 5.41) is 14.1. The van der Waals surface area contributed by atoms with Gasteiger partial charge in [-0.05, 0) is 30.9 Å². The summed E-state index contributed by atoms with van der Waals surface area (Å²) in [6.45, 7) is 4.99. The average molecular weight is 373 g/mol. The molecule has 1 aliphatic heterocycles. The van der Waals surface area contributed by atoms with Crippen molar-refractivity contribution in [1.29, 1.82) is 0 Å². The zero-order chi connectivity index (χ0) is 19.5. The van der Waals surface area contributed by atoms with E-state index < -0.39 is 22.4 Å². The van der Waals surface area contributed by atoms with Crippen LogP contribution < -0.4 is 5.32 Å². The van der Waals surface area contributed by atoms with Crippen LogP contribution in [0.5, 0.6) is 0 Å². The fourth-order valence-corrected chi connectivity index (χ4v) is 2.95. The number of piperidine rings is 1. The van der Waals surface area contributed by atoms with E-state index in [4.69, 9.17) is 0 Å². The molecule has 1 fully saturated rings. The molecule has 0 saturated carbocycles. The summed E-state index contributed by atoms with van der Waals surface area (Å²) in [4.78, 5) is 24.1. The summed E-state index contributed by atoms with van der Waals surface area (Å²) in [7, 11) is 0. The molecule has 2 rings (SSSR count). The predicted molar refractivity (Wildman–Crippen MR) is 90.8 cm³/mol. The van der Waals surface area contributed by atoms with E-state index in [-0.39, 0.29) is 23.6 Å². The highest BCUT2D eigenvalue weighted by Gasteiger charge is 2.33. The maximum Gasteiger partial charge on any atom is 0.416 e. The minimum Gasteiger partial charge on any atom is -0.377 e. The second-order valence-electron chi connectivity index (χ2n) is 6.88. The molecule has 1 N–H and O–H groups in total. The van der Waals surface area contributed by atoms with E-state index in [0.717, 1.165) is 12.1 Å². The number of carbonyl (C=O) groups excluding carboxylic acids is 1. The number of anilines is 1. The fraction of sp³-hybridized carbons (Fsp3) is 0.588. The van der Waals surface area contributed by atoms with E-state index in [0.29, 0.717) is 38.4 Å². The van der Waals surface area contributed by atoms with Gasteiger partial charge in [-0.3, -0.25) is 14.9 Å². The van der Waals surface area contributed by atoms with Crippen molar-refractivity contribution in [2.24, 2.45) is 5.92 Å². The Hall–Kier alpha value is -2.32. The van der Waals surface area contributed by atoms with E-state index in [1.165, 1.54) is 0 Å². The lowest BCUT2D eigenvalue weighted by molar-refractivity contribution is -0.384. The van der Waals surface area contributed by atoms with Crippen LogP contribution in [0.1, 0.15) is 38.7 Å². The SMILES string of the molecule is CC(C)CC(=O)N1CCC(Nc2ccc(C(F)(F)F)cc2[N+](=O)[O-])CC1. The van der Waals surface area contributed by atoms with Gasteiger partial charge in [0.15, 0.2) is 0 Å². The van der Waals surface area contributed by atoms with E-state index in [9.17, 15) is 28.1 Å². The highest BCUT2D eigenvalue weighted by molar-refractivity contribution is 5.76. The predicted octanol–water partition coefficient (Wildman–Crippen LogP) is 4.06. The number of nitro groups is 1. The summed E-state index contributed by atoms with van der Waals surface area (Å²) < 4.78 is 38.3. The van der Waals surface area contributed by atoms with Crippen molar-refractivity contribution in [3.63, 3.8) is 0 Å². The Morgan fingerprint density at radius 1 is 1.35 bits per heavy atom. The van der Waals surface area contributed by atoms with E-state index in [1.54, 1.807) is 4.90 Å². The van der Waals surface area contributed by atoms with Gasteiger partial charge in [-0.15, -0.1) is 0 Å². The van der Waals surface area contributed by atoms with Gasteiger partial charge in [-0.2, -0.15) is 13.2 Å². The molecular weight excluding hydrogens is 351 g/mol. The van der Waals surface area contributed by atoms with Crippen molar-refractivity contribution in [2.75, 3.05) is 18.4 Å². The molecule has 1 aromatic carbocycles. The summed E-state index contributed by atoms with van der Waals surface area (Å²) in [5.74, 6) is 0.354. The lowest BCUT2D eigenvalue weighted by atomic mass is 10.0. The molecule has 0 aromatic heterocycles. The van der Waals surface area contributed by atoms with Crippen LogP contribution in [-0.2, 0) is 11.0 Å².